The summed E-state index contributed by atoms with van der Waals surface area (Å²) in [7, 11) is 0. The van der Waals surface area contributed by atoms with Gasteiger partial charge in [0.15, 0.2) is 5.76 Å². The van der Waals surface area contributed by atoms with Crippen LogP contribution in [0.3, 0.4) is 0 Å². The number of nitrogens with one attached hydrogen (secondary N) is 1. The number of hydrogen-bond acceptors (Lipinski definition) is 6. The smallest absolute Gasteiger partial charge is 0.417 e. The summed E-state index contributed by atoms with van der Waals surface area (Å²) in [6.07, 6.45) is -3.17. The summed E-state index contributed by atoms with van der Waals surface area (Å²) in [5.74, 6) is 5.85. The molecule has 2 heterocycles. The Labute approximate surface area is 159 Å². The predicted octanol–water partition coefficient (Wildman–Crippen LogP) is 3.65. The first kappa shape index (κ1) is 19.1. The molecule has 7 nitrogen and oxygen atoms in total. The highest BCUT2D eigenvalue weighted by Crippen LogP contribution is 2.36. The second kappa shape index (κ2) is 7.53. The van der Waals surface area contributed by atoms with Gasteiger partial charge in [0.1, 0.15) is 0 Å². The Balaban J connectivity index is 1.64. The lowest BCUT2D eigenvalue weighted by Crippen LogP contribution is -2.17. The van der Waals surface area contributed by atoms with Gasteiger partial charge in [-0.3, -0.25) is 4.79 Å². The van der Waals surface area contributed by atoms with Crippen LogP contribution in [0.1, 0.15) is 5.56 Å². The molecule has 0 aliphatic carbocycles. The fourth-order valence-corrected chi connectivity index (χ4v) is 2.98. The minimum atomic E-state index is -4.62. The van der Waals surface area contributed by atoms with Crippen LogP contribution in [0.15, 0.2) is 46.2 Å². The Morgan fingerprint density at radius 3 is 2.78 bits per heavy atom. The van der Waals surface area contributed by atoms with Gasteiger partial charge in [0.2, 0.25) is 16.9 Å². The number of nitrogen functional groups attached to an aromatic ring is 1. The van der Waals surface area contributed by atoms with Crippen molar-refractivity contribution < 1.29 is 22.4 Å². The van der Waals surface area contributed by atoms with Crippen molar-refractivity contribution in [1.29, 1.82) is 0 Å². The first-order valence-corrected chi connectivity index (χ1v) is 8.66. The number of carbonyl (C=O) groups excluding carboxylic acids is 1. The molecule has 0 radical (unpaired) electrons. The van der Waals surface area contributed by atoms with Gasteiger partial charge in [-0.2, -0.15) is 13.2 Å². The highest BCUT2D eigenvalue weighted by molar-refractivity contribution is 7.99. The largest absolute Gasteiger partial charge is 0.461 e. The molecular formula is C15H11ClF3N5O2S. The minimum absolute atomic E-state index is 0.0252. The van der Waals surface area contributed by atoms with Gasteiger partial charge in [-0.1, -0.05) is 23.4 Å². The van der Waals surface area contributed by atoms with Crippen LogP contribution >= 0.6 is 23.4 Å². The van der Waals surface area contributed by atoms with Crippen LogP contribution < -0.4 is 11.2 Å². The molecule has 3 rings (SSSR count). The molecule has 0 spiro atoms. The van der Waals surface area contributed by atoms with Crippen LogP contribution in [0.25, 0.3) is 11.6 Å². The lowest BCUT2D eigenvalue weighted by Gasteiger charge is -2.11. The zero-order valence-electron chi connectivity index (χ0n) is 13.3. The highest BCUT2D eigenvalue weighted by Gasteiger charge is 2.33. The SMILES string of the molecule is Nn1c(SCC(=O)Nc2ccc(Cl)c(C(F)(F)F)c2)nnc1-c1ccco1. The third-order valence-electron chi connectivity index (χ3n) is 3.29. The maximum atomic E-state index is 12.9. The summed E-state index contributed by atoms with van der Waals surface area (Å²) in [5, 5.41) is 9.89. The summed E-state index contributed by atoms with van der Waals surface area (Å²) < 4.78 is 44.9. The lowest BCUT2D eigenvalue weighted by molar-refractivity contribution is -0.137. The molecule has 2 aromatic heterocycles. The van der Waals surface area contributed by atoms with Crippen LogP contribution in [0.4, 0.5) is 18.9 Å². The summed E-state index contributed by atoms with van der Waals surface area (Å²) in [6.45, 7) is 0. The average Bonchev–Trinajstić information content (AvgIpc) is 3.23. The van der Waals surface area contributed by atoms with E-state index in [0.29, 0.717) is 5.76 Å². The molecule has 0 saturated heterocycles. The summed E-state index contributed by atoms with van der Waals surface area (Å²) in [5.41, 5.74) is -1.05. The van der Waals surface area contributed by atoms with Gasteiger partial charge >= 0.3 is 6.18 Å². The zero-order chi connectivity index (χ0) is 19.6. The molecule has 12 heteroatoms. The van der Waals surface area contributed by atoms with E-state index in [1.54, 1.807) is 12.1 Å². The highest BCUT2D eigenvalue weighted by atomic mass is 35.5. The van der Waals surface area contributed by atoms with Gasteiger partial charge < -0.3 is 15.6 Å². The van der Waals surface area contributed by atoms with Gasteiger partial charge in [-0.25, -0.2) is 4.68 Å². The van der Waals surface area contributed by atoms with E-state index < -0.39 is 22.7 Å². The maximum Gasteiger partial charge on any atom is 0.417 e. The summed E-state index contributed by atoms with van der Waals surface area (Å²) in [6, 6.07) is 6.42. The molecule has 1 aromatic carbocycles. The minimum Gasteiger partial charge on any atom is -0.461 e. The second-order valence-electron chi connectivity index (χ2n) is 5.18. The van der Waals surface area contributed by atoms with Gasteiger partial charge in [0.25, 0.3) is 0 Å². The van der Waals surface area contributed by atoms with E-state index >= 15 is 0 Å². The number of aromatic nitrogens is 3. The molecule has 0 unspecified atom stereocenters. The molecule has 0 atom stereocenters. The van der Waals surface area contributed by atoms with Crippen molar-refractivity contribution in [3.63, 3.8) is 0 Å². The van der Waals surface area contributed by atoms with Crippen molar-refractivity contribution in [1.82, 2.24) is 14.9 Å². The molecule has 142 valence electrons. The van der Waals surface area contributed by atoms with Gasteiger partial charge in [-0.15, -0.1) is 10.2 Å². The molecule has 0 bridgehead atoms. The van der Waals surface area contributed by atoms with Crippen LogP contribution in [0, 0.1) is 0 Å². The van der Waals surface area contributed by atoms with Crippen LogP contribution in [-0.2, 0) is 11.0 Å². The van der Waals surface area contributed by atoms with Crippen molar-refractivity contribution in [3.8, 4) is 11.6 Å². The standard InChI is InChI=1S/C15H11ClF3N5O2S/c16-10-4-3-8(6-9(10)15(17,18)19)21-12(25)7-27-14-23-22-13(24(14)20)11-2-1-5-26-11/h1-6H,7,20H2,(H,21,25). The number of hydrogen-bond donors (Lipinski definition) is 2. The van der Waals surface area contributed by atoms with Crippen molar-refractivity contribution in [2.24, 2.45) is 0 Å². The first-order chi connectivity index (χ1) is 12.8. The van der Waals surface area contributed by atoms with Gasteiger partial charge in [-0.05, 0) is 30.3 Å². The fraction of sp³-hybridized carbons (Fsp3) is 0.133. The second-order valence-corrected chi connectivity index (χ2v) is 6.53. The Morgan fingerprint density at radius 1 is 1.33 bits per heavy atom. The number of alkyl halides is 3. The van der Waals surface area contributed by atoms with E-state index in [1.807, 2.05) is 0 Å². The van der Waals surface area contributed by atoms with E-state index in [1.165, 1.54) is 12.3 Å². The number of benzene rings is 1. The third kappa shape index (κ3) is 4.37. The Hall–Kier alpha value is -2.66. The number of halogens is 4. The number of amides is 1. The van der Waals surface area contributed by atoms with Gasteiger partial charge in [0.05, 0.1) is 22.6 Å². The number of carbonyl (C=O) groups is 1. The van der Waals surface area contributed by atoms with Crippen molar-refractivity contribution in [3.05, 3.63) is 47.2 Å². The number of nitrogens with two attached hydrogens (primary N) is 1. The number of thioether (sulfide) groups is 1. The first-order valence-electron chi connectivity index (χ1n) is 7.29. The monoisotopic (exact) mass is 417 g/mol. The van der Waals surface area contributed by atoms with Crippen molar-refractivity contribution in [2.75, 3.05) is 16.9 Å². The molecule has 0 aliphatic rings. The van der Waals surface area contributed by atoms with Crippen LogP contribution in [-0.4, -0.2) is 26.5 Å². The molecule has 27 heavy (non-hydrogen) atoms. The molecule has 1 amide bonds. The molecule has 0 aliphatic heterocycles. The van der Waals surface area contributed by atoms with Crippen molar-refractivity contribution >= 4 is 35.0 Å². The Morgan fingerprint density at radius 2 is 2.11 bits per heavy atom. The van der Waals surface area contributed by atoms with E-state index in [9.17, 15) is 18.0 Å². The summed E-state index contributed by atoms with van der Waals surface area (Å²) >= 11 is 6.51. The molecule has 0 fully saturated rings. The van der Waals surface area contributed by atoms with Crippen LogP contribution in [0.2, 0.25) is 5.02 Å². The van der Waals surface area contributed by atoms with E-state index in [2.05, 4.69) is 15.5 Å². The maximum absolute atomic E-state index is 12.9. The molecular weight excluding hydrogens is 407 g/mol. The van der Waals surface area contributed by atoms with Crippen molar-refractivity contribution in [2.45, 2.75) is 11.3 Å². The van der Waals surface area contributed by atoms with Crippen LogP contribution in [0.5, 0.6) is 0 Å². The Bertz CT molecular complexity index is 959. The van der Waals surface area contributed by atoms with E-state index in [4.69, 9.17) is 21.9 Å². The van der Waals surface area contributed by atoms with E-state index in [0.717, 1.165) is 28.6 Å². The normalized spacial score (nSPS) is 11.6. The quantitative estimate of drug-likeness (QED) is 0.485. The topological polar surface area (TPSA) is 99.0 Å². The third-order valence-corrected chi connectivity index (χ3v) is 4.57. The molecule has 3 aromatic rings. The fourth-order valence-electron chi connectivity index (χ4n) is 2.10. The van der Waals surface area contributed by atoms with Gasteiger partial charge in [0, 0.05) is 5.69 Å². The molecule has 0 saturated carbocycles. The summed E-state index contributed by atoms with van der Waals surface area (Å²) in [4.78, 5) is 12.0. The number of furan rings is 1. The number of rotatable bonds is 5. The van der Waals surface area contributed by atoms with E-state index in [-0.39, 0.29) is 22.4 Å². The molecule has 3 N–H and O–H groups in total. The Kier molecular flexibility index (Phi) is 5.33. The predicted molar refractivity (Wildman–Crippen MR) is 93.7 cm³/mol. The number of nitrogens with zero attached hydrogens (tertiary/aromatic N) is 3. The zero-order valence-corrected chi connectivity index (χ0v) is 14.9. The lowest BCUT2D eigenvalue weighted by atomic mass is 10.2. The average molecular weight is 418 g/mol. The number of anilines is 1.